The SMILES string of the molecule is Cc1cccc(-c2nc(CC(=O)OCC(=O)Nc3cc(C)on3)cs2)c1. The van der Waals surface area contributed by atoms with Gasteiger partial charge in [-0.15, -0.1) is 11.3 Å². The highest BCUT2D eigenvalue weighted by Crippen LogP contribution is 2.24. The van der Waals surface area contributed by atoms with E-state index in [1.54, 1.807) is 13.0 Å². The zero-order valence-corrected chi connectivity index (χ0v) is 15.1. The summed E-state index contributed by atoms with van der Waals surface area (Å²) in [5.41, 5.74) is 2.77. The molecule has 0 bridgehead atoms. The number of amides is 1. The average Bonchev–Trinajstić information content (AvgIpc) is 3.22. The van der Waals surface area contributed by atoms with E-state index in [0.717, 1.165) is 16.1 Å². The van der Waals surface area contributed by atoms with Gasteiger partial charge in [0.2, 0.25) is 0 Å². The maximum atomic E-state index is 11.9. The monoisotopic (exact) mass is 371 g/mol. The van der Waals surface area contributed by atoms with Gasteiger partial charge in [0, 0.05) is 17.0 Å². The molecule has 0 aliphatic carbocycles. The van der Waals surface area contributed by atoms with Gasteiger partial charge in [0.1, 0.15) is 10.8 Å². The molecule has 8 heteroatoms. The number of carbonyl (C=O) groups is 2. The number of thiazole rings is 1. The topological polar surface area (TPSA) is 94.3 Å². The Balaban J connectivity index is 1.50. The summed E-state index contributed by atoms with van der Waals surface area (Å²) in [5, 5.41) is 8.77. The predicted octanol–water partition coefficient (Wildman–Crippen LogP) is 3.14. The molecule has 0 aliphatic heterocycles. The Bertz CT molecular complexity index is 932. The molecule has 2 heterocycles. The number of aryl methyl sites for hydroxylation is 2. The van der Waals surface area contributed by atoms with Crippen LogP contribution in [-0.4, -0.2) is 28.6 Å². The second-order valence-electron chi connectivity index (χ2n) is 5.72. The fourth-order valence-corrected chi connectivity index (χ4v) is 3.06. The lowest BCUT2D eigenvalue weighted by molar-refractivity contribution is -0.146. The lowest BCUT2D eigenvalue weighted by Gasteiger charge is -2.03. The first kappa shape index (κ1) is 17.8. The molecule has 1 amide bonds. The summed E-state index contributed by atoms with van der Waals surface area (Å²) in [6.07, 6.45) is 0.0126. The number of nitrogens with one attached hydrogen (secondary N) is 1. The van der Waals surface area contributed by atoms with Gasteiger partial charge in [-0.25, -0.2) is 4.98 Å². The Hall–Kier alpha value is -3.00. The van der Waals surface area contributed by atoms with Crippen LogP contribution in [0.2, 0.25) is 0 Å². The highest BCUT2D eigenvalue weighted by Gasteiger charge is 2.13. The Labute approximate surface area is 154 Å². The number of hydrogen-bond acceptors (Lipinski definition) is 7. The fourth-order valence-electron chi connectivity index (χ4n) is 2.25. The molecule has 0 spiro atoms. The van der Waals surface area contributed by atoms with Gasteiger partial charge >= 0.3 is 5.97 Å². The minimum atomic E-state index is -0.516. The summed E-state index contributed by atoms with van der Waals surface area (Å²) in [7, 11) is 0. The summed E-state index contributed by atoms with van der Waals surface area (Å²) in [4.78, 5) is 28.1. The van der Waals surface area contributed by atoms with Gasteiger partial charge < -0.3 is 14.6 Å². The molecule has 1 N–H and O–H groups in total. The van der Waals surface area contributed by atoms with Crippen LogP contribution < -0.4 is 5.32 Å². The summed E-state index contributed by atoms with van der Waals surface area (Å²) in [6.45, 7) is 3.34. The van der Waals surface area contributed by atoms with Gasteiger partial charge in [0.15, 0.2) is 12.4 Å². The van der Waals surface area contributed by atoms with Crippen LogP contribution in [0.15, 0.2) is 40.2 Å². The molecule has 0 atom stereocenters. The predicted molar refractivity (Wildman–Crippen MR) is 96.8 cm³/mol. The molecule has 26 heavy (non-hydrogen) atoms. The zero-order valence-electron chi connectivity index (χ0n) is 14.3. The van der Waals surface area contributed by atoms with Crippen LogP contribution in [0, 0.1) is 13.8 Å². The van der Waals surface area contributed by atoms with Crippen molar-refractivity contribution in [3.63, 3.8) is 0 Å². The number of benzene rings is 1. The van der Waals surface area contributed by atoms with Crippen molar-refractivity contribution >= 4 is 29.0 Å². The first-order valence-corrected chi connectivity index (χ1v) is 8.78. The van der Waals surface area contributed by atoms with Gasteiger partial charge in [0.05, 0.1) is 12.1 Å². The highest BCUT2D eigenvalue weighted by atomic mass is 32.1. The van der Waals surface area contributed by atoms with Gasteiger partial charge in [-0.05, 0) is 19.9 Å². The van der Waals surface area contributed by atoms with E-state index in [4.69, 9.17) is 9.26 Å². The van der Waals surface area contributed by atoms with Crippen LogP contribution in [-0.2, 0) is 20.7 Å². The molecule has 0 unspecified atom stereocenters. The number of nitrogens with zero attached hydrogens (tertiary/aromatic N) is 2. The minimum Gasteiger partial charge on any atom is -0.455 e. The molecule has 3 rings (SSSR count). The van der Waals surface area contributed by atoms with Gasteiger partial charge in [-0.3, -0.25) is 9.59 Å². The molecule has 2 aromatic heterocycles. The maximum absolute atomic E-state index is 11.9. The quantitative estimate of drug-likeness (QED) is 0.669. The standard InChI is InChI=1S/C18H17N3O4S/c1-11-4-3-5-13(6-11)18-19-14(10-26-18)8-17(23)24-9-16(22)20-15-7-12(2)25-21-15/h3-7,10H,8-9H2,1-2H3,(H,20,21,22). The van der Waals surface area contributed by atoms with Crippen LogP contribution in [0.3, 0.4) is 0 Å². The Morgan fingerprint density at radius 1 is 1.27 bits per heavy atom. The summed E-state index contributed by atoms with van der Waals surface area (Å²) >= 11 is 1.46. The fraction of sp³-hybridized carbons (Fsp3) is 0.222. The first-order valence-electron chi connectivity index (χ1n) is 7.90. The van der Waals surface area contributed by atoms with Gasteiger partial charge in [-0.1, -0.05) is 28.9 Å². The number of esters is 1. The van der Waals surface area contributed by atoms with Crippen molar-refractivity contribution in [1.29, 1.82) is 0 Å². The number of rotatable bonds is 6. The van der Waals surface area contributed by atoms with E-state index in [1.165, 1.54) is 11.3 Å². The van der Waals surface area contributed by atoms with E-state index in [1.807, 2.05) is 36.6 Å². The van der Waals surface area contributed by atoms with Crippen LogP contribution in [0.1, 0.15) is 17.0 Å². The third-order valence-corrected chi connectivity index (χ3v) is 4.34. The molecule has 0 saturated heterocycles. The van der Waals surface area contributed by atoms with Crippen LogP contribution >= 0.6 is 11.3 Å². The average molecular weight is 371 g/mol. The van der Waals surface area contributed by atoms with Crippen molar-refractivity contribution < 1.29 is 18.8 Å². The zero-order chi connectivity index (χ0) is 18.5. The Kier molecular flexibility index (Phi) is 5.43. The van der Waals surface area contributed by atoms with E-state index >= 15 is 0 Å². The normalized spacial score (nSPS) is 10.5. The highest BCUT2D eigenvalue weighted by molar-refractivity contribution is 7.13. The first-order chi connectivity index (χ1) is 12.5. The van der Waals surface area contributed by atoms with Crippen LogP contribution in [0.25, 0.3) is 10.6 Å². The van der Waals surface area contributed by atoms with Crippen LogP contribution in [0.5, 0.6) is 0 Å². The second kappa shape index (κ2) is 7.92. The van der Waals surface area contributed by atoms with Gasteiger partial charge in [-0.2, -0.15) is 0 Å². The number of anilines is 1. The van der Waals surface area contributed by atoms with Crippen LogP contribution in [0.4, 0.5) is 5.82 Å². The van der Waals surface area contributed by atoms with E-state index in [2.05, 4.69) is 15.5 Å². The van der Waals surface area contributed by atoms with Crippen molar-refractivity contribution in [2.45, 2.75) is 20.3 Å². The molecular weight excluding hydrogens is 354 g/mol. The molecule has 0 fully saturated rings. The molecule has 0 aliphatic rings. The number of carbonyl (C=O) groups excluding carboxylic acids is 2. The van der Waals surface area contributed by atoms with E-state index in [0.29, 0.717) is 11.5 Å². The van der Waals surface area contributed by atoms with E-state index < -0.39 is 11.9 Å². The molecule has 3 aromatic rings. The summed E-state index contributed by atoms with van der Waals surface area (Å²) in [5.74, 6) is -0.140. The number of aromatic nitrogens is 2. The minimum absolute atomic E-state index is 0.0126. The lowest BCUT2D eigenvalue weighted by Crippen LogP contribution is -2.21. The smallest absolute Gasteiger partial charge is 0.312 e. The van der Waals surface area contributed by atoms with Crippen molar-refractivity contribution in [3.8, 4) is 10.6 Å². The Morgan fingerprint density at radius 2 is 2.12 bits per heavy atom. The molecular formula is C18H17N3O4S. The number of ether oxygens (including phenoxy) is 1. The van der Waals surface area contributed by atoms with Crippen molar-refractivity contribution in [2.24, 2.45) is 0 Å². The molecule has 0 radical (unpaired) electrons. The second-order valence-corrected chi connectivity index (χ2v) is 6.58. The van der Waals surface area contributed by atoms with Crippen molar-refractivity contribution in [1.82, 2.24) is 10.1 Å². The molecule has 7 nitrogen and oxygen atoms in total. The Morgan fingerprint density at radius 3 is 2.85 bits per heavy atom. The summed E-state index contributed by atoms with van der Waals surface area (Å²) < 4.78 is 9.81. The molecule has 134 valence electrons. The number of hydrogen-bond donors (Lipinski definition) is 1. The van der Waals surface area contributed by atoms with Crippen molar-refractivity contribution in [2.75, 3.05) is 11.9 Å². The lowest BCUT2D eigenvalue weighted by atomic mass is 10.1. The van der Waals surface area contributed by atoms with E-state index in [9.17, 15) is 9.59 Å². The summed E-state index contributed by atoms with van der Waals surface area (Å²) in [6, 6.07) is 9.57. The van der Waals surface area contributed by atoms with Gasteiger partial charge in [0.25, 0.3) is 5.91 Å². The maximum Gasteiger partial charge on any atom is 0.312 e. The third kappa shape index (κ3) is 4.76. The molecule has 1 aromatic carbocycles. The molecule has 0 saturated carbocycles. The van der Waals surface area contributed by atoms with E-state index in [-0.39, 0.29) is 18.8 Å². The largest absolute Gasteiger partial charge is 0.455 e. The third-order valence-electron chi connectivity index (χ3n) is 3.40. The van der Waals surface area contributed by atoms with Crippen molar-refractivity contribution in [3.05, 3.63) is 52.7 Å².